The predicted molar refractivity (Wildman–Crippen MR) is 65.9 cm³/mol. The molecule has 1 heteroatoms. The lowest BCUT2D eigenvalue weighted by Gasteiger charge is -2.33. The first-order valence-corrected chi connectivity index (χ1v) is 6.01. The second-order valence-corrected chi connectivity index (χ2v) is 4.69. The van der Waals surface area contributed by atoms with E-state index in [1.54, 1.807) is 0 Å². The highest BCUT2D eigenvalue weighted by molar-refractivity contribution is 5.36. The minimum Gasteiger partial charge on any atom is -0.377 e. The highest BCUT2D eigenvalue weighted by Gasteiger charge is 2.33. The van der Waals surface area contributed by atoms with Crippen LogP contribution in [0.5, 0.6) is 0 Å². The van der Waals surface area contributed by atoms with Crippen LogP contribution in [0, 0.1) is 17.8 Å². The molecule has 1 fully saturated rings. The monoisotopic (exact) mass is 214 g/mol. The summed E-state index contributed by atoms with van der Waals surface area (Å²) in [4.78, 5) is 0. The third kappa shape index (κ3) is 2.46. The Morgan fingerprint density at radius 3 is 2.69 bits per heavy atom. The Balaban J connectivity index is 2.17. The van der Waals surface area contributed by atoms with Crippen molar-refractivity contribution in [3.63, 3.8) is 0 Å². The van der Waals surface area contributed by atoms with Crippen molar-refractivity contribution in [1.82, 2.24) is 0 Å². The van der Waals surface area contributed by atoms with Crippen LogP contribution in [0.2, 0.25) is 0 Å². The fourth-order valence-electron chi connectivity index (χ4n) is 2.22. The van der Waals surface area contributed by atoms with Crippen LogP contribution < -0.4 is 0 Å². The average Bonchev–Trinajstić information content (AvgIpc) is 2.32. The van der Waals surface area contributed by atoms with Gasteiger partial charge in [0.05, 0.1) is 0 Å². The molecule has 2 rings (SSSR count). The lowest BCUT2D eigenvalue weighted by atomic mass is 9.77. The number of hydrogen-bond donors (Lipinski definition) is 1. The SMILES string of the molecule is CC1CCCC[C@]1(O)C#Cc1ccccc1. The van der Waals surface area contributed by atoms with Gasteiger partial charge in [0.15, 0.2) is 0 Å². The standard InChI is InChI=1S/C15H18O/c1-13-7-5-6-11-15(13,16)12-10-14-8-3-2-4-9-14/h2-4,8-9,13,16H,5-7,11H2,1H3/t13?,15-/m0/s1. The fraction of sp³-hybridized carbons (Fsp3) is 0.467. The third-order valence-corrected chi connectivity index (χ3v) is 3.46. The summed E-state index contributed by atoms with van der Waals surface area (Å²) in [6.45, 7) is 2.10. The molecule has 0 heterocycles. The van der Waals surface area contributed by atoms with Crippen molar-refractivity contribution in [3.05, 3.63) is 35.9 Å². The van der Waals surface area contributed by atoms with Crippen LogP contribution in [0.1, 0.15) is 38.2 Å². The van der Waals surface area contributed by atoms with E-state index >= 15 is 0 Å². The number of aliphatic hydroxyl groups is 1. The largest absolute Gasteiger partial charge is 0.377 e. The van der Waals surface area contributed by atoms with Gasteiger partial charge in [-0.05, 0) is 37.3 Å². The first-order valence-electron chi connectivity index (χ1n) is 6.01. The van der Waals surface area contributed by atoms with Crippen molar-refractivity contribution in [2.75, 3.05) is 0 Å². The maximum atomic E-state index is 10.4. The van der Waals surface area contributed by atoms with E-state index < -0.39 is 5.60 Å². The van der Waals surface area contributed by atoms with Crippen molar-refractivity contribution < 1.29 is 5.11 Å². The molecule has 1 nitrogen and oxygen atoms in total. The topological polar surface area (TPSA) is 20.2 Å². The Kier molecular flexibility index (Phi) is 3.31. The van der Waals surface area contributed by atoms with Gasteiger partial charge in [0.25, 0.3) is 0 Å². The van der Waals surface area contributed by atoms with E-state index in [2.05, 4.69) is 18.8 Å². The summed E-state index contributed by atoms with van der Waals surface area (Å²) in [5, 5.41) is 10.4. The highest BCUT2D eigenvalue weighted by Crippen LogP contribution is 2.32. The normalized spacial score (nSPS) is 29.2. The van der Waals surface area contributed by atoms with Gasteiger partial charge in [-0.25, -0.2) is 0 Å². The van der Waals surface area contributed by atoms with Crippen molar-refractivity contribution in [2.24, 2.45) is 5.92 Å². The quantitative estimate of drug-likeness (QED) is 0.658. The summed E-state index contributed by atoms with van der Waals surface area (Å²) in [5.41, 5.74) is 0.211. The minimum absolute atomic E-state index is 0.289. The van der Waals surface area contributed by atoms with E-state index in [9.17, 15) is 5.11 Å². The Hall–Kier alpha value is -1.26. The summed E-state index contributed by atoms with van der Waals surface area (Å²) in [6, 6.07) is 9.87. The molecule has 0 saturated heterocycles. The molecule has 0 bridgehead atoms. The van der Waals surface area contributed by atoms with Gasteiger partial charge < -0.3 is 5.11 Å². The predicted octanol–water partition coefficient (Wildman–Crippen LogP) is 2.98. The molecular formula is C15H18O. The molecule has 0 aliphatic heterocycles. The van der Waals surface area contributed by atoms with Crippen molar-refractivity contribution >= 4 is 0 Å². The molecule has 0 amide bonds. The maximum Gasteiger partial charge on any atom is 0.128 e. The molecular weight excluding hydrogens is 196 g/mol. The van der Waals surface area contributed by atoms with E-state index in [0.29, 0.717) is 0 Å². The van der Waals surface area contributed by atoms with Crippen LogP contribution in [-0.2, 0) is 0 Å². The summed E-state index contributed by atoms with van der Waals surface area (Å²) in [7, 11) is 0. The molecule has 0 aromatic heterocycles. The number of rotatable bonds is 0. The van der Waals surface area contributed by atoms with Crippen molar-refractivity contribution in [3.8, 4) is 11.8 Å². The zero-order chi connectivity index (χ0) is 11.4. The molecule has 1 unspecified atom stereocenters. The highest BCUT2D eigenvalue weighted by atomic mass is 16.3. The second kappa shape index (κ2) is 4.72. The van der Waals surface area contributed by atoms with Gasteiger partial charge in [-0.15, -0.1) is 0 Å². The molecule has 1 N–H and O–H groups in total. The average molecular weight is 214 g/mol. The van der Waals surface area contributed by atoms with E-state index in [4.69, 9.17) is 0 Å². The lowest BCUT2D eigenvalue weighted by Crippen LogP contribution is -2.37. The molecule has 1 aromatic carbocycles. The number of hydrogen-bond acceptors (Lipinski definition) is 1. The maximum absolute atomic E-state index is 10.4. The Labute approximate surface area is 97.5 Å². The van der Waals surface area contributed by atoms with Gasteiger partial charge >= 0.3 is 0 Å². The van der Waals surface area contributed by atoms with Gasteiger partial charge in [-0.3, -0.25) is 0 Å². The van der Waals surface area contributed by atoms with Crippen LogP contribution in [0.3, 0.4) is 0 Å². The Morgan fingerprint density at radius 1 is 1.25 bits per heavy atom. The molecule has 1 saturated carbocycles. The molecule has 1 aliphatic rings. The smallest absolute Gasteiger partial charge is 0.128 e. The van der Waals surface area contributed by atoms with Gasteiger partial charge in [-0.1, -0.05) is 43.4 Å². The van der Waals surface area contributed by atoms with Gasteiger partial charge in [0.2, 0.25) is 0 Å². The van der Waals surface area contributed by atoms with Gasteiger partial charge in [0.1, 0.15) is 5.60 Å². The van der Waals surface area contributed by atoms with E-state index in [-0.39, 0.29) is 5.92 Å². The Bertz CT molecular complexity index is 398. The van der Waals surface area contributed by atoms with Gasteiger partial charge in [0, 0.05) is 5.56 Å². The van der Waals surface area contributed by atoms with E-state index in [0.717, 1.165) is 24.8 Å². The zero-order valence-electron chi connectivity index (χ0n) is 9.74. The number of benzene rings is 1. The third-order valence-electron chi connectivity index (χ3n) is 3.46. The summed E-state index contributed by atoms with van der Waals surface area (Å²) >= 11 is 0. The van der Waals surface area contributed by atoms with Crippen LogP contribution in [0.25, 0.3) is 0 Å². The van der Waals surface area contributed by atoms with Crippen LogP contribution >= 0.6 is 0 Å². The minimum atomic E-state index is -0.770. The second-order valence-electron chi connectivity index (χ2n) is 4.69. The van der Waals surface area contributed by atoms with E-state index in [1.165, 1.54) is 6.42 Å². The van der Waals surface area contributed by atoms with Crippen LogP contribution in [-0.4, -0.2) is 10.7 Å². The zero-order valence-corrected chi connectivity index (χ0v) is 9.74. The Morgan fingerprint density at radius 2 is 2.00 bits per heavy atom. The van der Waals surface area contributed by atoms with Crippen molar-refractivity contribution in [1.29, 1.82) is 0 Å². The molecule has 1 aliphatic carbocycles. The molecule has 16 heavy (non-hydrogen) atoms. The molecule has 84 valence electrons. The molecule has 0 spiro atoms. The van der Waals surface area contributed by atoms with Crippen LogP contribution in [0.4, 0.5) is 0 Å². The van der Waals surface area contributed by atoms with E-state index in [1.807, 2.05) is 30.3 Å². The summed E-state index contributed by atoms with van der Waals surface area (Å²) in [5.74, 6) is 6.44. The first-order chi connectivity index (χ1) is 7.71. The summed E-state index contributed by atoms with van der Waals surface area (Å²) < 4.78 is 0. The fourth-order valence-corrected chi connectivity index (χ4v) is 2.22. The van der Waals surface area contributed by atoms with Gasteiger partial charge in [-0.2, -0.15) is 0 Å². The van der Waals surface area contributed by atoms with Crippen molar-refractivity contribution in [2.45, 2.75) is 38.2 Å². The molecule has 0 radical (unpaired) electrons. The molecule has 1 aromatic rings. The lowest BCUT2D eigenvalue weighted by molar-refractivity contribution is 0.0126. The molecule has 2 atom stereocenters. The van der Waals surface area contributed by atoms with Crippen LogP contribution in [0.15, 0.2) is 30.3 Å². The first kappa shape index (κ1) is 11.2. The summed E-state index contributed by atoms with van der Waals surface area (Å²) in [6.07, 6.45) is 4.20.